The van der Waals surface area contributed by atoms with E-state index in [2.05, 4.69) is 36.7 Å². The lowest BCUT2D eigenvalue weighted by Gasteiger charge is -2.24. The summed E-state index contributed by atoms with van der Waals surface area (Å²) in [5.74, 6) is -1.11. The molecule has 1 heterocycles. The molecule has 0 bridgehead atoms. The average molecular weight is 531 g/mol. The molecule has 180 valence electrons. The Labute approximate surface area is 210 Å². The largest absolute Gasteiger partial charge is 0.302 e. The lowest BCUT2D eigenvalue weighted by molar-refractivity contribution is -0.116. The molecule has 3 aromatic rings. The van der Waals surface area contributed by atoms with Gasteiger partial charge >= 0.3 is 0 Å². The van der Waals surface area contributed by atoms with Crippen LogP contribution in [0.2, 0.25) is 5.02 Å². The number of carbonyl (C=O) groups is 1. The Bertz CT molecular complexity index is 1180. The summed E-state index contributed by atoms with van der Waals surface area (Å²) in [5.41, 5.74) is 2.00. The number of rotatable bonds is 10. The quantitative estimate of drug-likeness (QED) is 0.366. The van der Waals surface area contributed by atoms with Gasteiger partial charge in [-0.05, 0) is 61.5 Å². The summed E-state index contributed by atoms with van der Waals surface area (Å²) in [6.07, 6.45) is 0.910. The number of benzene rings is 2. The van der Waals surface area contributed by atoms with E-state index in [1.807, 2.05) is 12.1 Å². The molecule has 1 amide bonds. The first-order valence-electron chi connectivity index (χ1n) is 10.7. The molecule has 0 saturated carbocycles. The summed E-state index contributed by atoms with van der Waals surface area (Å²) >= 11 is 7.29. The number of fused-ring (bicyclic) bond motifs is 1. The van der Waals surface area contributed by atoms with Crippen LogP contribution in [-0.4, -0.2) is 56.1 Å². The minimum absolute atomic E-state index is 0. The molecule has 2 aromatic carbocycles. The van der Waals surface area contributed by atoms with E-state index < -0.39 is 21.5 Å². The van der Waals surface area contributed by atoms with Crippen LogP contribution >= 0.6 is 35.3 Å². The first kappa shape index (κ1) is 27.5. The third kappa shape index (κ3) is 6.90. The molecule has 33 heavy (non-hydrogen) atoms. The van der Waals surface area contributed by atoms with Gasteiger partial charge in [-0.15, -0.1) is 12.4 Å². The van der Waals surface area contributed by atoms with E-state index in [1.165, 1.54) is 46.1 Å². The van der Waals surface area contributed by atoms with E-state index in [9.17, 15) is 13.2 Å². The van der Waals surface area contributed by atoms with E-state index in [0.717, 1.165) is 29.7 Å². The number of hydrogen-bond acceptors (Lipinski definition) is 6. The van der Waals surface area contributed by atoms with Gasteiger partial charge in [-0.1, -0.05) is 49.8 Å². The fraction of sp³-hybridized carbons (Fsp3) is 0.391. The zero-order valence-electron chi connectivity index (χ0n) is 19.0. The van der Waals surface area contributed by atoms with Crippen LogP contribution in [0.15, 0.2) is 47.4 Å². The topological polar surface area (TPSA) is 70.6 Å². The Morgan fingerprint density at radius 3 is 2.30 bits per heavy atom. The number of aryl methyl sites for hydroxylation is 1. The number of carbonyl (C=O) groups excluding carboxylic acids is 1. The number of aromatic nitrogens is 1. The van der Waals surface area contributed by atoms with Crippen molar-refractivity contribution >= 4 is 66.4 Å². The van der Waals surface area contributed by atoms with Gasteiger partial charge < -0.3 is 4.90 Å². The van der Waals surface area contributed by atoms with Crippen molar-refractivity contribution in [1.82, 2.24) is 9.88 Å². The molecule has 0 radical (unpaired) electrons. The van der Waals surface area contributed by atoms with Crippen molar-refractivity contribution in [2.75, 3.05) is 36.8 Å². The van der Waals surface area contributed by atoms with Gasteiger partial charge in [0.1, 0.15) is 5.75 Å². The number of halogens is 2. The van der Waals surface area contributed by atoms with Crippen LogP contribution in [0.25, 0.3) is 10.2 Å². The number of nitrogens with zero attached hydrogens (tertiary/aromatic N) is 3. The smallest absolute Gasteiger partial charge is 0.244 e. The van der Waals surface area contributed by atoms with Crippen LogP contribution in [0.5, 0.6) is 0 Å². The fourth-order valence-corrected chi connectivity index (χ4v) is 5.76. The third-order valence-corrected chi connectivity index (χ3v) is 8.31. The molecule has 0 atom stereocenters. The first-order chi connectivity index (χ1) is 15.3. The van der Waals surface area contributed by atoms with Gasteiger partial charge in [-0.2, -0.15) is 0 Å². The van der Waals surface area contributed by atoms with Gasteiger partial charge in [0.15, 0.2) is 15.0 Å². The van der Waals surface area contributed by atoms with Crippen molar-refractivity contribution in [3.63, 3.8) is 0 Å². The molecule has 0 saturated heterocycles. The fourth-order valence-electron chi connectivity index (χ4n) is 3.37. The van der Waals surface area contributed by atoms with E-state index in [1.54, 1.807) is 0 Å². The van der Waals surface area contributed by atoms with E-state index >= 15 is 0 Å². The lowest BCUT2D eigenvalue weighted by atomic mass is 10.2. The Morgan fingerprint density at radius 1 is 1.03 bits per heavy atom. The summed E-state index contributed by atoms with van der Waals surface area (Å²) in [5, 5.41) is 0.966. The van der Waals surface area contributed by atoms with Gasteiger partial charge in [0.05, 0.1) is 15.1 Å². The standard InChI is InChI=1S/C23H28ClN3O3S2.ClH/c1-4-17-7-12-20-21(15-17)31-23(25-20)27(14-13-26(5-2)6-3)22(28)16-32(29,30)19-10-8-18(24)9-11-19;/h7-12,15H,4-6,13-14,16H2,1-3H3;1H. The highest BCUT2D eigenvalue weighted by Crippen LogP contribution is 2.30. The molecule has 0 fully saturated rings. The summed E-state index contributed by atoms with van der Waals surface area (Å²) in [7, 11) is -3.81. The minimum atomic E-state index is -3.81. The second-order valence-electron chi connectivity index (χ2n) is 7.44. The van der Waals surface area contributed by atoms with Gasteiger partial charge in [-0.3, -0.25) is 9.69 Å². The van der Waals surface area contributed by atoms with Crippen molar-refractivity contribution in [3.05, 3.63) is 53.1 Å². The number of amides is 1. The summed E-state index contributed by atoms with van der Waals surface area (Å²) < 4.78 is 26.7. The van der Waals surface area contributed by atoms with Crippen LogP contribution in [0.4, 0.5) is 5.13 Å². The molecule has 0 aliphatic heterocycles. The molecule has 0 aliphatic carbocycles. The van der Waals surface area contributed by atoms with Gasteiger partial charge in [-0.25, -0.2) is 13.4 Å². The Balaban J connectivity index is 0.00000385. The molecule has 1 aromatic heterocycles. The molecule has 6 nitrogen and oxygen atoms in total. The second-order valence-corrected chi connectivity index (χ2v) is 10.9. The van der Waals surface area contributed by atoms with Crippen molar-refractivity contribution in [1.29, 1.82) is 0 Å². The molecule has 3 rings (SSSR count). The molecule has 10 heteroatoms. The van der Waals surface area contributed by atoms with Crippen LogP contribution in [0.1, 0.15) is 26.3 Å². The Morgan fingerprint density at radius 2 is 1.70 bits per heavy atom. The molecule has 0 aliphatic rings. The zero-order valence-corrected chi connectivity index (χ0v) is 22.2. The lowest BCUT2D eigenvalue weighted by Crippen LogP contribution is -2.41. The predicted molar refractivity (Wildman–Crippen MR) is 140 cm³/mol. The SMILES string of the molecule is CCc1ccc2nc(N(CCN(CC)CC)C(=O)CS(=O)(=O)c3ccc(Cl)cc3)sc2c1.Cl. The number of thiazole rings is 1. The molecular weight excluding hydrogens is 501 g/mol. The molecule has 0 unspecified atom stereocenters. The van der Waals surface area contributed by atoms with Crippen LogP contribution in [0, 0.1) is 0 Å². The van der Waals surface area contributed by atoms with Crippen LogP contribution in [0.3, 0.4) is 0 Å². The number of anilines is 1. The predicted octanol–water partition coefficient (Wildman–Crippen LogP) is 5.08. The maximum Gasteiger partial charge on any atom is 0.244 e. The first-order valence-corrected chi connectivity index (χ1v) is 13.5. The summed E-state index contributed by atoms with van der Waals surface area (Å²) in [4.78, 5) is 21.7. The van der Waals surface area contributed by atoms with Gasteiger partial charge in [0.25, 0.3) is 0 Å². The van der Waals surface area contributed by atoms with E-state index in [-0.39, 0.29) is 17.3 Å². The third-order valence-electron chi connectivity index (χ3n) is 5.40. The minimum Gasteiger partial charge on any atom is -0.302 e. The van der Waals surface area contributed by atoms with Gasteiger partial charge in [0, 0.05) is 18.1 Å². The van der Waals surface area contributed by atoms with Crippen molar-refractivity contribution in [3.8, 4) is 0 Å². The van der Waals surface area contributed by atoms with Crippen molar-refractivity contribution in [2.45, 2.75) is 32.1 Å². The zero-order chi connectivity index (χ0) is 23.3. The van der Waals surface area contributed by atoms with E-state index in [0.29, 0.717) is 23.2 Å². The Kier molecular flexibility index (Phi) is 10.1. The summed E-state index contributed by atoms with van der Waals surface area (Å²) in [6.45, 7) is 8.91. The highest BCUT2D eigenvalue weighted by Gasteiger charge is 2.27. The second kappa shape index (κ2) is 12.1. The number of sulfone groups is 1. The normalized spacial score (nSPS) is 11.5. The maximum atomic E-state index is 13.3. The van der Waals surface area contributed by atoms with Gasteiger partial charge in [0.2, 0.25) is 5.91 Å². The van der Waals surface area contributed by atoms with Crippen LogP contribution < -0.4 is 4.90 Å². The maximum absolute atomic E-state index is 13.3. The van der Waals surface area contributed by atoms with Crippen LogP contribution in [-0.2, 0) is 21.1 Å². The molecule has 0 spiro atoms. The molecular formula is C23H29Cl2N3O3S2. The van der Waals surface area contributed by atoms with Crippen molar-refractivity contribution in [2.24, 2.45) is 0 Å². The van der Waals surface area contributed by atoms with Crippen molar-refractivity contribution < 1.29 is 13.2 Å². The number of hydrogen-bond donors (Lipinski definition) is 0. The molecule has 0 N–H and O–H groups in total. The monoisotopic (exact) mass is 529 g/mol. The highest BCUT2D eigenvalue weighted by molar-refractivity contribution is 7.92. The highest BCUT2D eigenvalue weighted by atomic mass is 35.5. The Hall–Kier alpha value is -1.71. The van der Waals surface area contributed by atoms with E-state index in [4.69, 9.17) is 11.6 Å². The summed E-state index contributed by atoms with van der Waals surface area (Å²) in [6, 6.07) is 11.9. The number of likely N-dealkylation sites (N-methyl/N-ethyl adjacent to an activating group) is 1. The average Bonchev–Trinajstić information content (AvgIpc) is 3.19.